The minimum atomic E-state index is 0.141. The molecule has 4 rings (SSSR count). The number of nitrogens with zero attached hydrogens (tertiary/aromatic N) is 3. The van der Waals surface area contributed by atoms with E-state index in [1.165, 1.54) is 11.3 Å². The number of aryl methyl sites for hydroxylation is 1. The van der Waals surface area contributed by atoms with Crippen LogP contribution in [0.2, 0.25) is 0 Å². The molecule has 1 N–H and O–H groups in total. The van der Waals surface area contributed by atoms with Crippen LogP contribution in [0.15, 0.2) is 28.6 Å². The summed E-state index contributed by atoms with van der Waals surface area (Å²) in [6.45, 7) is 3.90. The number of rotatable bonds is 1. The second-order valence-corrected chi connectivity index (χ2v) is 6.16. The van der Waals surface area contributed by atoms with Gasteiger partial charge in [0.2, 0.25) is 5.89 Å². The molecule has 0 saturated heterocycles. The average Bonchev–Trinajstić information content (AvgIpc) is 3.05. The van der Waals surface area contributed by atoms with E-state index in [-0.39, 0.29) is 11.7 Å². The Bertz CT molecular complexity index is 990. The van der Waals surface area contributed by atoms with E-state index in [1.807, 2.05) is 24.3 Å². The summed E-state index contributed by atoms with van der Waals surface area (Å²) in [5.74, 6) is 1.75. The van der Waals surface area contributed by atoms with Gasteiger partial charge in [0.1, 0.15) is 17.2 Å². The Morgan fingerprint density at radius 3 is 2.90 bits per heavy atom. The number of aliphatic hydroxyl groups is 1. The second-order valence-electron chi connectivity index (χ2n) is 5.15. The molecule has 3 heterocycles. The molecule has 1 atom stereocenters. The minimum Gasteiger partial charge on any atom is -0.508 e. The predicted molar refractivity (Wildman–Crippen MR) is 81.4 cm³/mol. The van der Waals surface area contributed by atoms with Crippen LogP contribution in [0.25, 0.3) is 28.7 Å². The van der Waals surface area contributed by atoms with E-state index in [2.05, 4.69) is 16.0 Å². The van der Waals surface area contributed by atoms with Gasteiger partial charge in [0.25, 0.3) is 0 Å². The Labute approximate surface area is 124 Å². The monoisotopic (exact) mass is 299 g/mol. The Balaban J connectivity index is 2.09. The summed E-state index contributed by atoms with van der Waals surface area (Å²) in [7, 11) is 0. The maximum Gasteiger partial charge on any atom is 0.245 e. The largest absolute Gasteiger partial charge is 0.508 e. The van der Waals surface area contributed by atoms with Gasteiger partial charge in [-0.2, -0.15) is 0 Å². The maximum absolute atomic E-state index is 9.89. The van der Waals surface area contributed by atoms with Crippen LogP contribution < -0.4 is 9.88 Å². The fraction of sp³-hybridized carbons (Fsp3) is 0.200. The van der Waals surface area contributed by atoms with E-state index in [1.54, 1.807) is 18.5 Å². The van der Waals surface area contributed by atoms with Crippen molar-refractivity contribution < 1.29 is 9.52 Å². The molecular formula is C15H13N3O2S. The van der Waals surface area contributed by atoms with E-state index < -0.39 is 0 Å². The van der Waals surface area contributed by atoms with Crippen molar-refractivity contribution in [3.63, 3.8) is 0 Å². The Morgan fingerprint density at radius 1 is 1.29 bits per heavy atom. The first-order valence-electron chi connectivity index (χ1n) is 6.65. The molecule has 0 bridgehead atoms. The quantitative estimate of drug-likeness (QED) is 0.746. The zero-order valence-electron chi connectivity index (χ0n) is 11.6. The molecule has 0 aromatic carbocycles. The van der Waals surface area contributed by atoms with Crippen LogP contribution in [-0.2, 0) is 0 Å². The van der Waals surface area contributed by atoms with Crippen LogP contribution in [0.3, 0.4) is 0 Å². The van der Waals surface area contributed by atoms with E-state index in [9.17, 15) is 5.11 Å². The van der Waals surface area contributed by atoms with Crippen LogP contribution in [0.1, 0.15) is 12.7 Å². The summed E-state index contributed by atoms with van der Waals surface area (Å²) in [6, 6.07) is 0. The Hall–Kier alpha value is -2.34. The van der Waals surface area contributed by atoms with Crippen LogP contribution in [-0.4, -0.2) is 19.5 Å². The summed E-state index contributed by atoms with van der Waals surface area (Å²) in [5.41, 5.74) is 0.828. The molecule has 21 heavy (non-hydrogen) atoms. The molecular weight excluding hydrogens is 286 g/mol. The highest BCUT2D eigenvalue weighted by atomic mass is 32.1. The highest BCUT2D eigenvalue weighted by molar-refractivity contribution is 7.15. The molecule has 106 valence electrons. The lowest BCUT2D eigenvalue weighted by molar-refractivity contribution is 0.437. The summed E-state index contributed by atoms with van der Waals surface area (Å²) in [6.07, 6.45) is 9.18. The van der Waals surface area contributed by atoms with Gasteiger partial charge in [-0.05, 0) is 25.0 Å². The SMILES string of the molecule is Cc1cnc(-c2cnc3sc4c(n23)=CC(C)C=C(O)C=4)o1. The molecule has 0 amide bonds. The third kappa shape index (κ3) is 1.91. The third-order valence-corrected chi connectivity index (χ3v) is 4.42. The molecule has 3 aromatic rings. The van der Waals surface area contributed by atoms with Crippen LogP contribution in [0, 0.1) is 12.8 Å². The molecule has 0 aliphatic heterocycles. The third-order valence-electron chi connectivity index (χ3n) is 3.40. The van der Waals surface area contributed by atoms with Crippen molar-refractivity contribution in [1.82, 2.24) is 14.4 Å². The van der Waals surface area contributed by atoms with Crippen molar-refractivity contribution in [2.24, 2.45) is 5.92 Å². The summed E-state index contributed by atoms with van der Waals surface area (Å²) >= 11 is 1.54. The number of aliphatic hydroxyl groups excluding tert-OH is 1. The van der Waals surface area contributed by atoms with Crippen molar-refractivity contribution in [2.45, 2.75) is 13.8 Å². The first-order valence-corrected chi connectivity index (χ1v) is 7.47. The number of fused-ring (bicyclic) bond motifs is 3. The molecule has 6 heteroatoms. The van der Waals surface area contributed by atoms with Gasteiger partial charge in [-0.15, -0.1) is 0 Å². The van der Waals surface area contributed by atoms with Crippen molar-refractivity contribution in [2.75, 3.05) is 0 Å². The molecule has 0 radical (unpaired) electrons. The summed E-state index contributed by atoms with van der Waals surface area (Å²) in [5, 5.41) is 10.9. The number of allylic oxidation sites excluding steroid dienone is 2. The Kier molecular flexibility index (Phi) is 2.56. The van der Waals surface area contributed by atoms with Crippen molar-refractivity contribution >= 4 is 28.4 Å². The van der Waals surface area contributed by atoms with E-state index in [0.717, 1.165) is 26.3 Å². The molecule has 0 spiro atoms. The first-order chi connectivity index (χ1) is 10.1. The second kappa shape index (κ2) is 4.33. The van der Waals surface area contributed by atoms with Crippen LogP contribution in [0.4, 0.5) is 0 Å². The number of hydrogen-bond donors (Lipinski definition) is 1. The normalized spacial score (nSPS) is 17.8. The van der Waals surface area contributed by atoms with Gasteiger partial charge in [-0.25, -0.2) is 9.97 Å². The minimum absolute atomic E-state index is 0.141. The number of oxazole rings is 1. The van der Waals surface area contributed by atoms with Gasteiger partial charge in [0.15, 0.2) is 4.96 Å². The summed E-state index contributed by atoms with van der Waals surface area (Å²) < 4.78 is 8.64. The Morgan fingerprint density at radius 2 is 2.14 bits per heavy atom. The van der Waals surface area contributed by atoms with Gasteiger partial charge in [-0.1, -0.05) is 24.3 Å². The lowest BCUT2D eigenvalue weighted by Crippen LogP contribution is -2.25. The van der Waals surface area contributed by atoms with Crippen molar-refractivity contribution in [1.29, 1.82) is 0 Å². The highest BCUT2D eigenvalue weighted by Gasteiger charge is 2.15. The number of aromatic nitrogens is 3. The molecule has 0 fully saturated rings. The van der Waals surface area contributed by atoms with E-state index in [0.29, 0.717) is 5.89 Å². The molecule has 0 saturated carbocycles. The molecule has 1 unspecified atom stereocenters. The van der Waals surface area contributed by atoms with Crippen LogP contribution >= 0.6 is 11.3 Å². The zero-order chi connectivity index (χ0) is 14.6. The van der Waals surface area contributed by atoms with Gasteiger partial charge < -0.3 is 9.52 Å². The lowest BCUT2D eigenvalue weighted by Gasteiger charge is -1.97. The van der Waals surface area contributed by atoms with Gasteiger partial charge >= 0.3 is 0 Å². The first kappa shape index (κ1) is 12.4. The van der Waals surface area contributed by atoms with Crippen LogP contribution in [0.5, 0.6) is 0 Å². The molecule has 3 aromatic heterocycles. The lowest BCUT2D eigenvalue weighted by atomic mass is 10.1. The maximum atomic E-state index is 9.89. The average molecular weight is 299 g/mol. The van der Waals surface area contributed by atoms with Crippen molar-refractivity contribution in [3.05, 3.63) is 39.9 Å². The van der Waals surface area contributed by atoms with Gasteiger partial charge in [0.05, 0.1) is 22.3 Å². The van der Waals surface area contributed by atoms with E-state index >= 15 is 0 Å². The highest BCUT2D eigenvalue weighted by Crippen LogP contribution is 2.20. The smallest absolute Gasteiger partial charge is 0.245 e. The number of thiazole rings is 1. The fourth-order valence-corrected chi connectivity index (χ4v) is 3.57. The fourth-order valence-electron chi connectivity index (χ4n) is 2.53. The zero-order valence-corrected chi connectivity index (χ0v) is 12.4. The number of hydrogen-bond acceptors (Lipinski definition) is 5. The molecule has 1 aliphatic carbocycles. The number of imidazole rings is 1. The van der Waals surface area contributed by atoms with Gasteiger partial charge in [0, 0.05) is 0 Å². The van der Waals surface area contributed by atoms with E-state index in [4.69, 9.17) is 4.42 Å². The topological polar surface area (TPSA) is 63.6 Å². The molecule has 1 aliphatic rings. The van der Waals surface area contributed by atoms with Gasteiger partial charge in [-0.3, -0.25) is 4.40 Å². The van der Waals surface area contributed by atoms with Crippen molar-refractivity contribution in [3.8, 4) is 11.6 Å². The predicted octanol–water partition coefficient (Wildman–Crippen LogP) is 2.01. The summed E-state index contributed by atoms with van der Waals surface area (Å²) in [4.78, 5) is 9.58. The molecule has 5 nitrogen and oxygen atoms in total. The standard InChI is InChI=1S/C15H13N3O2S/c1-8-3-10(19)5-13-11(4-8)18-12(7-17-15(18)21-13)14-16-6-9(2)20-14/h3-8,19H,1-2H3.